The molecule has 3 atom stereocenters. The van der Waals surface area contributed by atoms with Gasteiger partial charge in [0, 0.05) is 55.0 Å². The molecular weight excluding hydrogens is 472 g/mol. The van der Waals surface area contributed by atoms with Gasteiger partial charge in [0.05, 0.1) is 23.4 Å². The van der Waals surface area contributed by atoms with Crippen molar-refractivity contribution in [2.24, 2.45) is 0 Å². The van der Waals surface area contributed by atoms with Gasteiger partial charge < -0.3 is 20.2 Å². The number of piperazine rings is 1. The first kappa shape index (κ1) is 23.1. The van der Waals surface area contributed by atoms with Gasteiger partial charge in [-0.1, -0.05) is 20.8 Å². The molecule has 2 N–H and O–H groups in total. The van der Waals surface area contributed by atoms with Crippen molar-refractivity contribution >= 4 is 27.7 Å². The molecule has 1 saturated heterocycles. The molecule has 0 spiro atoms. The Bertz CT molecular complexity index is 946. The number of aromatic nitrogens is 3. The monoisotopic (exact) mass is 502 g/mol. The maximum Gasteiger partial charge on any atom is 0.233 e. The van der Waals surface area contributed by atoms with Crippen LogP contribution in [0, 0.1) is 0 Å². The fraction of sp³-hybridized carbons (Fsp3) is 0.565. The number of halogens is 1. The maximum absolute atomic E-state index is 13.5. The Kier molecular flexibility index (Phi) is 7.07. The minimum Gasteiger partial charge on any atom is -0.387 e. The number of aliphatic hydroxyl groups is 1. The number of amides is 1. The van der Waals surface area contributed by atoms with E-state index in [4.69, 9.17) is 0 Å². The summed E-state index contributed by atoms with van der Waals surface area (Å²) in [4.78, 5) is 31.0. The second-order valence-electron chi connectivity index (χ2n) is 8.98. The Balaban J connectivity index is 1.47. The zero-order valence-electron chi connectivity index (χ0n) is 18.8. The molecule has 2 aromatic rings. The topological polar surface area (TPSA) is 94.5 Å². The fourth-order valence-corrected chi connectivity index (χ4v) is 4.81. The zero-order valence-corrected chi connectivity index (χ0v) is 20.4. The van der Waals surface area contributed by atoms with Gasteiger partial charge in [0.2, 0.25) is 5.91 Å². The minimum atomic E-state index is -0.516. The van der Waals surface area contributed by atoms with Gasteiger partial charge in [0.1, 0.15) is 12.1 Å². The smallest absolute Gasteiger partial charge is 0.233 e. The van der Waals surface area contributed by atoms with Crippen LogP contribution in [0.15, 0.2) is 29.1 Å². The van der Waals surface area contributed by atoms with E-state index in [1.807, 2.05) is 17.0 Å². The summed E-state index contributed by atoms with van der Waals surface area (Å²) in [5.74, 6) is 0.907. The Labute approximate surface area is 197 Å². The molecule has 2 aliphatic rings. The molecule has 3 heterocycles. The molecule has 1 aliphatic carbocycles. The molecule has 0 saturated carbocycles. The van der Waals surface area contributed by atoms with Crippen LogP contribution in [-0.2, 0) is 4.79 Å². The number of anilines is 1. The fourth-order valence-electron chi connectivity index (χ4n) is 4.58. The number of nitrogens with zero attached hydrogens (tertiary/aromatic N) is 5. The summed E-state index contributed by atoms with van der Waals surface area (Å²) in [5.41, 5.74) is 2.59. The summed E-state index contributed by atoms with van der Waals surface area (Å²) in [6.45, 7) is 9.49. The predicted molar refractivity (Wildman–Crippen MR) is 127 cm³/mol. The number of fused-ring (bicyclic) bond motifs is 1. The summed E-state index contributed by atoms with van der Waals surface area (Å²) < 4.78 is 0.898. The van der Waals surface area contributed by atoms with Crippen LogP contribution in [-0.4, -0.2) is 69.6 Å². The van der Waals surface area contributed by atoms with Crippen molar-refractivity contribution < 1.29 is 9.90 Å². The lowest BCUT2D eigenvalue weighted by Gasteiger charge is -2.38. The van der Waals surface area contributed by atoms with Crippen LogP contribution < -0.4 is 10.2 Å². The van der Waals surface area contributed by atoms with Crippen LogP contribution in [0.25, 0.3) is 0 Å². The Hall–Kier alpha value is -2.10. The van der Waals surface area contributed by atoms with Crippen molar-refractivity contribution in [1.82, 2.24) is 25.2 Å². The lowest BCUT2D eigenvalue weighted by molar-refractivity contribution is -0.133. The average molecular weight is 503 g/mol. The van der Waals surface area contributed by atoms with Crippen LogP contribution in [0.3, 0.4) is 0 Å². The van der Waals surface area contributed by atoms with Crippen molar-refractivity contribution in [3.63, 3.8) is 0 Å². The summed E-state index contributed by atoms with van der Waals surface area (Å²) >= 11 is 3.42. The van der Waals surface area contributed by atoms with Gasteiger partial charge in [-0.05, 0) is 40.4 Å². The summed E-state index contributed by atoms with van der Waals surface area (Å²) in [6.07, 6.45) is 3.45. The predicted octanol–water partition coefficient (Wildman–Crippen LogP) is 2.61. The van der Waals surface area contributed by atoms with Crippen LogP contribution in [0.4, 0.5) is 5.82 Å². The van der Waals surface area contributed by atoms with Crippen LogP contribution in [0.1, 0.15) is 62.1 Å². The highest BCUT2D eigenvalue weighted by Crippen LogP contribution is 2.42. The van der Waals surface area contributed by atoms with Gasteiger partial charge in [0.15, 0.2) is 0 Å². The van der Waals surface area contributed by atoms with E-state index in [2.05, 4.69) is 61.9 Å². The van der Waals surface area contributed by atoms with Gasteiger partial charge in [0.25, 0.3) is 0 Å². The molecule has 4 rings (SSSR count). The number of pyridine rings is 1. The lowest BCUT2D eigenvalue weighted by atomic mass is 10.0. The largest absolute Gasteiger partial charge is 0.387 e. The maximum atomic E-state index is 13.5. The second kappa shape index (κ2) is 9.80. The zero-order chi connectivity index (χ0) is 22.8. The van der Waals surface area contributed by atoms with Crippen molar-refractivity contribution in [2.75, 3.05) is 37.6 Å². The summed E-state index contributed by atoms with van der Waals surface area (Å²) in [5, 5.41) is 13.7. The molecule has 0 bridgehead atoms. The first-order valence-electron chi connectivity index (χ1n) is 11.3. The van der Waals surface area contributed by atoms with E-state index in [9.17, 15) is 9.90 Å². The van der Waals surface area contributed by atoms with Gasteiger partial charge in [-0.3, -0.25) is 9.78 Å². The number of aliphatic hydroxyl groups excluding tert-OH is 1. The highest BCUT2D eigenvalue weighted by atomic mass is 79.9. The Morgan fingerprint density at radius 2 is 1.97 bits per heavy atom. The first-order chi connectivity index (χ1) is 15.3. The van der Waals surface area contributed by atoms with Crippen LogP contribution in [0.2, 0.25) is 0 Å². The molecule has 172 valence electrons. The molecule has 9 heteroatoms. The van der Waals surface area contributed by atoms with E-state index in [0.29, 0.717) is 39.1 Å². The third kappa shape index (κ3) is 4.79. The molecule has 0 radical (unpaired) electrons. The lowest BCUT2D eigenvalue weighted by Crippen LogP contribution is -2.51. The molecule has 0 aromatic carbocycles. The quantitative estimate of drug-likeness (QED) is 0.626. The molecule has 1 fully saturated rings. The van der Waals surface area contributed by atoms with Crippen molar-refractivity contribution in [3.8, 4) is 0 Å². The summed E-state index contributed by atoms with van der Waals surface area (Å²) in [7, 11) is 0. The highest BCUT2D eigenvalue weighted by Gasteiger charge is 2.35. The van der Waals surface area contributed by atoms with Crippen molar-refractivity contribution in [2.45, 2.75) is 51.2 Å². The van der Waals surface area contributed by atoms with E-state index < -0.39 is 6.10 Å². The number of hydrogen-bond donors (Lipinski definition) is 2. The molecule has 2 aromatic heterocycles. The third-order valence-electron chi connectivity index (χ3n) is 6.31. The first-order valence-corrected chi connectivity index (χ1v) is 12.1. The Morgan fingerprint density at radius 1 is 1.22 bits per heavy atom. The van der Waals surface area contributed by atoms with Crippen LogP contribution >= 0.6 is 15.9 Å². The van der Waals surface area contributed by atoms with Crippen molar-refractivity contribution in [3.05, 3.63) is 46.1 Å². The van der Waals surface area contributed by atoms with Gasteiger partial charge in [-0.2, -0.15) is 0 Å². The third-order valence-corrected chi connectivity index (χ3v) is 6.77. The number of hydrogen-bond acceptors (Lipinski definition) is 7. The number of rotatable bonds is 6. The average Bonchev–Trinajstić information content (AvgIpc) is 3.08. The Morgan fingerprint density at radius 3 is 2.62 bits per heavy atom. The molecule has 8 nitrogen and oxygen atoms in total. The van der Waals surface area contributed by atoms with Gasteiger partial charge >= 0.3 is 0 Å². The summed E-state index contributed by atoms with van der Waals surface area (Å²) in [6, 6.07) is 4.14. The van der Waals surface area contributed by atoms with Crippen LogP contribution in [0.5, 0.6) is 0 Å². The second-order valence-corrected chi connectivity index (χ2v) is 9.89. The molecule has 0 unspecified atom stereocenters. The number of carbonyl (C=O) groups excluding carboxylic acids is 1. The van der Waals surface area contributed by atoms with E-state index >= 15 is 0 Å². The van der Waals surface area contributed by atoms with Crippen molar-refractivity contribution in [1.29, 1.82) is 0 Å². The highest BCUT2D eigenvalue weighted by molar-refractivity contribution is 9.10. The van der Waals surface area contributed by atoms with Gasteiger partial charge in [-0.25, -0.2) is 9.97 Å². The SMILES string of the molecule is CC(C)NC[C@H](C(=O)N1CCN(c2ncnc3c2[C@H](C)C[C@H]3O)CC1)c1ccc(Br)cn1. The van der Waals surface area contributed by atoms with Gasteiger partial charge in [-0.15, -0.1) is 0 Å². The molecule has 1 amide bonds. The number of carbonyl (C=O) groups is 1. The number of nitrogens with one attached hydrogen (secondary N) is 1. The van der Waals surface area contributed by atoms with E-state index in [1.165, 1.54) is 0 Å². The normalized spacial score (nSPS) is 21.7. The molecule has 32 heavy (non-hydrogen) atoms. The molecule has 1 aliphatic heterocycles. The van der Waals surface area contributed by atoms with E-state index in [-0.39, 0.29) is 23.8 Å². The molecular formula is C23H31BrN6O2. The minimum absolute atomic E-state index is 0.101. The standard InChI is InChI=1S/C23H31BrN6O2/c1-14(2)25-12-17(18-5-4-16(24)11-26-18)23(32)30-8-6-29(7-9-30)22-20-15(3)10-19(31)21(20)27-13-28-22/h4-5,11,13-15,17,19,25,31H,6-10,12H2,1-3H3/t15-,17+,19-/m1/s1. The van der Waals surface area contributed by atoms with E-state index in [1.54, 1.807) is 12.5 Å². The van der Waals surface area contributed by atoms with E-state index in [0.717, 1.165) is 27.2 Å².